The van der Waals surface area contributed by atoms with Gasteiger partial charge in [-0.3, -0.25) is 9.59 Å². The van der Waals surface area contributed by atoms with Crippen LogP contribution in [0.4, 0.5) is 23.2 Å². The van der Waals surface area contributed by atoms with Gasteiger partial charge in [-0.2, -0.15) is 27.6 Å². The monoisotopic (exact) mass is 399 g/mol. The summed E-state index contributed by atoms with van der Waals surface area (Å²) in [6.07, 6.45) is 0.289. The molecule has 0 radical (unpaired) electrons. The van der Waals surface area contributed by atoms with E-state index in [0.29, 0.717) is 4.68 Å². The van der Waals surface area contributed by atoms with Crippen molar-refractivity contribution in [3.05, 3.63) is 41.5 Å². The number of hydrogen-bond acceptors (Lipinski definition) is 4. The topological polar surface area (TPSA) is 80.1 Å². The van der Waals surface area contributed by atoms with E-state index in [1.807, 2.05) is 0 Å². The lowest BCUT2D eigenvalue weighted by molar-refractivity contribution is -0.135. The van der Waals surface area contributed by atoms with Gasteiger partial charge >= 0.3 is 6.55 Å². The van der Waals surface area contributed by atoms with Gasteiger partial charge in [0.1, 0.15) is 5.92 Å². The highest BCUT2D eigenvalue weighted by Gasteiger charge is 2.46. The first kappa shape index (κ1) is 19.8. The summed E-state index contributed by atoms with van der Waals surface area (Å²) in [4.78, 5) is 29.4. The molecule has 2 amide bonds. The van der Waals surface area contributed by atoms with Crippen LogP contribution in [0.25, 0.3) is 0 Å². The first-order valence-corrected chi connectivity index (χ1v) is 8.47. The molecule has 1 N–H and O–H groups in total. The Bertz CT molecular complexity index is 917. The van der Waals surface area contributed by atoms with Crippen molar-refractivity contribution in [2.75, 3.05) is 18.9 Å². The van der Waals surface area contributed by atoms with Crippen LogP contribution in [0.2, 0.25) is 0 Å². The number of alkyl halides is 2. The van der Waals surface area contributed by atoms with E-state index < -0.39 is 42.1 Å². The zero-order valence-corrected chi connectivity index (χ0v) is 15.0. The second kappa shape index (κ2) is 7.56. The van der Waals surface area contributed by atoms with Crippen LogP contribution in [0, 0.1) is 17.8 Å². The summed E-state index contributed by atoms with van der Waals surface area (Å²) in [6.45, 7) is -1.09. The number of carbonyl (C=O) groups is 2. The molecule has 1 aliphatic rings. The summed E-state index contributed by atoms with van der Waals surface area (Å²) < 4.78 is 53.5. The maximum absolute atomic E-state index is 13.7. The van der Waals surface area contributed by atoms with Crippen molar-refractivity contribution in [3.63, 3.8) is 0 Å². The van der Waals surface area contributed by atoms with Gasteiger partial charge < -0.3 is 10.2 Å². The van der Waals surface area contributed by atoms with Gasteiger partial charge in [0.25, 0.3) is 0 Å². The smallest absolute Gasteiger partial charge is 0.333 e. The summed E-state index contributed by atoms with van der Waals surface area (Å²) >= 11 is 0. The maximum atomic E-state index is 13.7. The minimum absolute atomic E-state index is 0.0878. The number of amides is 2. The Morgan fingerprint density at radius 1 is 1.36 bits per heavy atom. The molecule has 1 fully saturated rings. The van der Waals surface area contributed by atoms with Crippen LogP contribution in [0.5, 0.6) is 0 Å². The molecule has 0 spiro atoms. The van der Waals surface area contributed by atoms with E-state index in [4.69, 9.17) is 0 Å². The largest absolute Gasteiger partial charge is 0.344 e. The predicted molar refractivity (Wildman–Crippen MR) is 89.5 cm³/mol. The minimum Gasteiger partial charge on any atom is -0.344 e. The Balaban J connectivity index is 1.91. The van der Waals surface area contributed by atoms with Gasteiger partial charge in [-0.1, -0.05) is 6.92 Å². The first-order chi connectivity index (χ1) is 13.2. The molecule has 0 aliphatic carbocycles. The SMILES string of the molecule is CCc1cc([C@H]2CN(C)C(=O)C2C(=O)Nc2ccc(F)nc2F)nn1C(F)F. The lowest BCUT2D eigenvalue weighted by Gasteiger charge is -2.15. The molecule has 7 nitrogen and oxygen atoms in total. The van der Waals surface area contributed by atoms with Gasteiger partial charge in [-0.05, 0) is 24.6 Å². The molecule has 0 bridgehead atoms. The number of hydrogen-bond donors (Lipinski definition) is 1. The number of aromatic nitrogens is 3. The molecule has 2 aromatic rings. The van der Waals surface area contributed by atoms with Crippen LogP contribution in [0.15, 0.2) is 18.2 Å². The van der Waals surface area contributed by atoms with Crippen LogP contribution in [-0.2, 0) is 16.0 Å². The van der Waals surface area contributed by atoms with Gasteiger partial charge in [-0.15, -0.1) is 0 Å². The number of carbonyl (C=O) groups excluding carboxylic acids is 2. The van der Waals surface area contributed by atoms with Crippen LogP contribution in [-0.4, -0.2) is 45.1 Å². The second-order valence-electron chi connectivity index (χ2n) is 6.40. The van der Waals surface area contributed by atoms with E-state index in [1.54, 1.807) is 6.92 Å². The number of likely N-dealkylation sites (N-methyl/N-ethyl adjacent to an activating group) is 1. The zero-order chi connectivity index (χ0) is 20.6. The standard InChI is InChI=1S/C17H17F4N5O2/c1-3-8-6-11(24-26(8)17(20)21)9-7-25(2)16(28)13(9)15(27)22-10-4-5-12(18)23-14(10)19/h4-6,9,13,17H,3,7H2,1-2H3,(H,22,27)/t9-,13?/m1/s1. The Hall–Kier alpha value is -2.98. The molecule has 0 saturated carbocycles. The Morgan fingerprint density at radius 3 is 2.64 bits per heavy atom. The molecular weight excluding hydrogens is 382 g/mol. The van der Waals surface area contributed by atoms with Crippen LogP contribution in [0.1, 0.15) is 30.8 Å². The number of aryl methyl sites for hydroxylation is 1. The van der Waals surface area contributed by atoms with Gasteiger partial charge in [0, 0.05) is 25.2 Å². The molecule has 3 heterocycles. The second-order valence-corrected chi connectivity index (χ2v) is 6.40. The van der Waals surface area contributed by atoms with Crippen molar-refractivity contribution in [2.24, 2.45) is 5.92 Å². The number of anilines is 1. The third-order valence-electron chi connectivity index (χ3n) is 4.63. The summed E-state index contributed by atoms with van der Waals surface area (Å²) in [5.41, 5.74) is 0.0486. The number of nitrogens with one attached hydrogen (secondary N) is 1. The van der Waals surface area contributed by atoms with Crippen molar-refractivity contribution < 1.29 is 27.2 Å². The Labute approximate surface area is 157 Å². The fourth-order valence-corrected chi connectivity index (χ4v) is 3.24. The molecule has 1 aliphatic heterocycles. The summed E-state index contributed by atoms with van der Waals surface area (Å²) in [5, 5.41) is 6.09. The average Bonchev–Trinajstić information content (AvgIpc) is 3.19. The van der Waals surface area contributed by atoms with E-state index >= 15 is 0 Å². The third kappa shape index (κ3) is 3.56. The fourth-order valence-electron chi connectivity index (χ4n) is 3.24. The van der Waals surface area contributed by atoms with Crippen molar-refractivity contribution in [1.29, 1.82) is 0 Å². The number of halogens is 4. The molecule has 1 saturated heterocycles. The summed E-state index contributed by atoms with van der Waals surface area (Å²) in [5.74, 6) is -5.79. The summed E-state index contributed by atoms with van der Waals surface area (Å²) in [7, 11) is 1.47. The van der Waals surface area contributed by atoms with Crippen molar-refractivity contribution in [2.45, 2.75) is 25.8 Å². The van der Waals surface area contributed by atoms with E-state index in [-0.39, 0.29) is 30.0 Å². The van der Waals surface area contributed by atoms with Crippen molar-refractivity contribution >= 4 is 17.5 Å². The zero-order valence-electron chi connectivity index (χ0n) is 15.0. The normalized spacial score (nSPS) is 19.5. The number of rotatable bonds is 5. The van der Waals surface area contributed by atoms with Gasteiger partial charge in [0.2, 0.25) is 23.7 Å². The predicted octanol–water partition coefficient (Wildman–Crippen LogP) is 2.32. The van der Waals surface area contributed by atoms with Crippen LogP contribution in [0.3, 0.4) is 0 Å². The molecule has 2 aromatic heterocycles. The summed E-state index contributed by atoms with van der Waals surface area (Å²) in [6, 6.07) is 3.27. The highest BCUT2D eigenvalue weighted by molar-refractivity contribution is 6.08. The average molecular weight is 399 g/mol. The first-order valence-electron chi connectivity index (χ1n) is 8.47. The van der Waals surface area contributed by atoms with Crippen LogP contribution < -0.4 is 5.32 Å². The van der Waals surface area contributed by atoms with Crippen LogP contribution >= 0.6 is 0 Å². The van der Waals surface area contributed by atoms with Crippen molar-refractivity contribution in [1.82, 2.24) is 19.7 Å². The van der Waals surface area contributed by atoms with E-state index in [0.717, 1.165) is 12.1 Å². The quantitative estimate of drug-likeness (QED) is 0.476. The molecule has 28 heavy (non-hydrogen) atoms. The Kier molecular flexibility index (Phi) is 5.34. The number of pyridine rings is 1. The van der Waals surface area contributed by atoms with E-state index in [2.05, 4.69) is 15.4 Å². The highest BCUT2D eigenvalue weighted by Crippen LogP contribution is 2.34. The van der Waals surface area contributed by atoms with Crippen molar-refractivity contribution in [3.8, 4) is 0 Å². The molecule has 150 valence electrons. The fraction of sp³-hybridized carbons (Fsp3) is 0.412. The highest BCUT2D eigenvalue weighted by atomic mass is 19.3. The molecule has 0 aromatic carbocycles. The van der Waals surface area contributed by atoms with Gasteiger partial charge in [0.05, 0.1) is 11.4 Å². The van der Waals surface area contributed by atoms with Gasteiger partial charge in [-0.25, -0.2) is 4.68 Å². The lowest BCUT2D eigenvalue weighted by atomic mass is 9.91. The molecule has 3 rings (SSSR count). The van der Waals surface area contributed by atoms with E-state index in [1.165, 1.54) is 18.0 Å². The Morgan fingerprint density at radius 2 is 2.07 bits per heavy atom. The minimum atomic E-state index is -2.86. The molecular formula is C17H17F4N5O2. The molecule has 1 unspecified atom stereocenters. The van der Waals surface area contributed by atoms with Gasteiger partial charge in [0.15, 0.2) is 0 Å². The lowest BCUT2D eigenvalue weighted by Crippen LogP contribution is -2.33. The molecule has 11 heteroatoms. The van der Waals surface area contributed by atoms with E-state index in [9.17, 15) is 27.2 Å². The maximum Gasteiger partial charge on any atom is 0.333 e. The number of likely N-dealkylation sites (tertiary alicyclic amines) is 1. The third-order valence-corrected chi connectivity index (χ3v) is 4.63. The molecule has 2 atom stereocenters. The number of nitrogens with zero attached hydrogens (tertiary/aromatic N) is 4.